The quantitative estimate of drug-likeness (QED) is 0.679. The van der Waals surface area contributed by atoms with Crippen LogP contribution in [0.3, 0.4) is 0 Å². The van der Waals surface area contributed by atoms with Crippen LogP contribution in [0.2, 0.25) is 0 Å². The third-order valence-electron chi connectivity index (χ3n) is 2.90. The van der Waals surface area contributed by atoms with E-state index in [-0.39, 0.29) is 6.23 Å². The molecule has 0 bridgehead atoms. The highest BCUT2D eigenvalue weighted by Gasteiger charge is 2.20. The van der Waals surface area contributed by atoms with Crippen LogP contribution >= 0.6 is 38.5 Å². The van der Waals surface area contributed by atoms with Gasteiger partial charge in [0, 0.05) is 17.3 Å². The van der Waals surface area contributed by atoms with E-state index in [1.807, 2.05) is 4.68 Å². The van der Waals surface area contributed by atoms with Crippen LogP contribution in [0.15, 0.2) is 16.7 Å². The van der Waals surface area contributed by atoms with Crippen LogP contribution in [0.4, 0.5) is 0 Å². The van der Waals surface area contributed by atoms with Crippen LogP contribution in [0.25, 0.3) is 11.0 Å². The first-order chi connectivity index (χ1) is 8.25. The van der Waals surface area contributed by atoms with Crippen molar-refractivity contribution in [3.8, 4) is 0 Å². The first-order valence-corrected chi connectivity index (χ1v) is 7.44. The van der Waals surface area contributed by atoms with Gasteiger partial charge in [-0.3, -0.25) is 4.98 Å². The maximum absolute atomic E-state index is 5.78. The average Bonchev–Trinajstić information content (AvgIpc) is 2.67. The smallest absolute Gasteiger partial charge is 0.150 e. The molecule has 1 aliphatic heterocycles. The molecular weight excluding hydrogens is 397 g/mol. The van der Waals surface area contributed by atoms with Crippen molar-refractivity contribution in [2.24, 2.45) is 0 Å². The molecular formula is C11H11BrIN3O. The summed E-state index contributed by atoms with van der Waals surface area (Å²) >= 11 is 5.67. The van der Waals surface area contributed by atoms with Crippen LogP contribution in [-0.2, 0) is 4.74 Å². The zero-order valence-corrected chi connectivity index (χ0v) is 12.8. The zero-order chi connectivity index (χ0) is 11.8. The molecule has 3 rings (SSSR count). The largest absolute Gasteiger partial charge is 0.356 e. The molecule has 0 amide bonds. The number of pyridine rings is 1. The van der Waals surface area contributed by atoms with E-state index in [1.54, 1.807) is 6.20 Å². The molecule has 1 atom stereocenters. The van der Waals surface area contributed by atoms with Crippen molar-refractivity contribution in [2.45, 2.75) is 25.5 Å². The number of ether oxygens (including phenoxy) is 1. The van der Waals surface area contributed by atoms with Gasteiger partial charge < -0.3 is 4.74 Å². The summed E-state index contributed by atoms with van der Waals surface area (Å²) in [5.74, 6) is 0. The van der Waals surface area contributed by atoms with Crippen molar-refractivity contribution in [2.75, 3.05) is 6.61 Å². The molecule has 1 unspecified atom stereocenters. The van der Waals surface area contributed by atoms with Gasteiger partial charge in [0.25, 0.3) is 0 Å². The minimum atomic E-state index is 0.0610. The summed E-state index contributed by atoms with van der Waals surface area (Å²) in [6.07, 6.45) is 5.24. The molecule has 0 radical (unpaired) electrons. The minimum absolute atomic E-state index is 0.0610. The molecule has 90 valence electrons. The Bertz CT molecular complexity index is 551. The van der Waals surface area contributed by atoms with Crippen molar-refractivity contribution in [1.29, 1.82) is 0 Å². The van der Waals surface area contributed by atoms with Gasteiger partial charge in [-0.2, -0.15) is 5.10 Å². The maximum Gasteiger partial charge on any atom is 0.150 e. The number of hydrogen-bond acceptors (Lipinski definition) is 3. The fourth-order valence-electron chi connectivity index (χ4n) is 2.09. The second-order valence-corrected chi connectivity index (χ2v) is 6.02. The van der Waals surface area contributed by atoms with Crippen LogP contribution in [0.1, 0.15) is 25.5 Å². The van der Waals surface area contributed by atoms with Gasteiger partial charge in [-0.25, -0.2) is 4.68 Å². The molecule has 2 aromatic heterocycles. The molecule has 0 aromatic carbocycles. The van der Waals surface area contributed by atoms with Crippen LogP contribution in [0.5, 0.6) is 0 Å². The number of rotatable bonds is 1. The number of aromatic nitrogens is 3. The van der Waals surface area contributed by atoms with E-state index in [9.17, 15) is 0 Å². The molecule has 2 aromatic rings. The third kappa shape index (κ3) is 2.22. The van der Waals surface area contributed by atoms with E-state index in [1.165, 1.54) is 6.42 Å². The highest BCUT2D eigenvalue weighted by atomic mass is 127. The normalized spacial score (nSPS) is 20.9. The number of hydrogen-bond donors (Lipinski definition) is 0. The van der Waals surface area contributed by atoms with Gasteiger partial charge in [0.05, 0.1) is 5.52 Å². The van der Waals surface area contributed by atoms with E-state index < -0.39 is 0 Å². The minimum Gasteiger partial charge on any atom is -0.356 e. The third-order valence-corrected chi connectivity index (χ3v) is 4.06. The molecule has 6 heteroatoms. The van der Waals surface area contributed by atoms with Gasteiger partial charge in [-0.15, -0.1) is 0 Å². The van der Waals surface area contributed by atoms with Gasteiger partial charge in [0.2, 0.25) is 0 Å². The highest BCUT2D eigenvalue weighted by Crippen LogP contribution is 2.28. The standard InChI is InChI=1S/C11H11BrIN3O/c12-7-5-8-10(14-6-7)11(13)15-16(8)9-3-1-2-4-17-9/h5-6,9H,1-4H2. The van der Waals surface area contributed by atoms with Crippen molar-refractivity contribution < 1.29 is 4.74 Å². The predicted molar refractivity (Wildman–Crippen MR) is 76.8 cm³/mol. The lowest BCUT2D eigenvalue weighted by Crippen LogP contribution is -2.19. The predicted octanol–water partition coefficient (Wildman–Crippen LogP) is 3.50. The molecule has 1 fully saturated rings. The summed E-state index contributed by atoms with van der Waals surface area (Å²) < 4.78 is 9.65. The Morgan fingerprint density at radius 2 is 2.35 bits per heavy atom. The van der Waals surface area contributed by atoms with E-state index in [0.717, 1.165) is 38.7 Å². The van der Waals surface area contributed by atoms with Gasteiger partial charge >= 0.3 is 0 Å². The maximum atomic E-state index is 5.78. The zero-order valence-electron chi connectivity index (χ0n) is 9.07. The molecule has 0 aliphatic carbocycles. The second-order valence-electron chi connectivity index (χ2n) is 4.08. The van der Waals surface area contributed by atoms with Gasteiger partial charge in [-0.05, 0) is 63.8 Å². The first kappa shape index (κ1) is 11.9. The van der Waals surface area contributed by atoms with Gasteiger partial charge in [0.1, 0.15) is 9.22 Å². The van der Waals surface area contributed by atoms with Crippen LogP contribution in [-0.4, -0.2) is 21.4 Å². The summed E-state index contributed by atoms with van der Waals surface area (Å²) in [7, 11) is 0. The Morgan fingerprint density at radius 3 is 3.12 bits per heavy atom. The van der Waals surface area contributed by atoms with Crippen molar-refractivity contribution >= 4 is 49.6 Å². The Morgan fingerprint density at radius 1 is 1.47 bits per heavy atom. The van der Waals surface area contributed by atoms with Crippen molar-refractivity contribution in [1.82, 2.24) is 14.8 Å². The van der Waals surface area contributed by atoms with Crippen molar-refractivity contribution in [3.05, 3.63) is 20.4 Å². The highest BCUT2D eigenvalue weighted by molar-refractivity contribution is 14.1. The average molecular weight is 408 g/mol. The van der Waals surface area contributed by atoms with Crippen molar-refractivity contribution in [3.63, 3.8) is 0 Å². The molecule has 0 N–H and O–H groups in total. The Labute approximate surface area is 121 Å². The number of halogens is 2. The monoisotopic (exact) mass is 407 g/mol. The molecule has 0 spiro atoms. The Hall–Kier alpha value is -0.210. The summed E-state index contributed by atoms with van der Waals surface area (Å²) in [6.45, 7) is 0.823. The number of fused-ring (bicyclic) bond motifs is 1. The van der Waals surface area contributed by atoms with E-state index in [4.69, 9.17) is 4.74 Å². The van der Waals surface area contributed by atoms with E-state index in [0.29, 0.717) is 0 Å². The van der Waals surface area contributed by atoms with Crippen LogP contribution in [0, 0.1) is 3.70 Å². The number of nitrogens with zero attached hydrogens (tertiary/aromatic N) is 3. The summed E-state index contributed by atoms with van der Waals surface area (Å²) in [5, 5.41) is 4.55. The first-order valence-electron chi connectivity index (χ1n) is 5.56. The summed E-state index contributed by atoms with van der Waals surface area (Å²) in [5.41, 5.74) is 1.98. The second kappa shape index (κ2) is 4.81. The summed E-state index contributed by atoms with van der Waals surface area (Å²) in [4.78, 5) is 4.40. The lowest BCUT2D eigenvalue weighted by molar-refractivity contribution is -0.0368. The molecule has 1 saturated heterocycles. The molecule has 17 heavy (non-hydrogen) atoms. The fourth-order valence-corrected chi connectivity index (χ4v) is 3.06. The Balaban J connectivity index is 2.11. The molecule has 1 aliphatic rings. The van der Waals surface area contributed by atoms with E-state index >= 15 is 0 Å². The van der Waals surface area contributed by atoms with Crippen LogP contribution < -0.4 is 0 Å². The van der Waals surface area contributed by atoms with Gasteiger partial charge in [-0.1, -0.05) is 0 Å². The summed E-state index contributed by atoms with van der Waals surface area (Å²) in [6, 6.07) is 2.05. The van der Waals surface area contributed by atoms with Gasteiger partial charge in [0.15, 0.2) is 6.23 Å². The lowest BCUT2D eigenvalue weighted by Gasteiger charge is -2.23. The molecule has 3 heterocycles. The SMILES string of the molecule is Brc1cnc2c(I)nn(C3CCCCO3)c2c1. The molecule has 4 nitrogen and oxygen atoms in total. The lowest BCUT2D eigenvalue weighted by atomic mass is 10.2. The Kier molecular flexibility index (Phi) is 3.36. The van der Waals surface area contributed by atoms with E-state index in [2.05, 4.69) is 54.7 Å². The topological polar surface area (TPSA) is 39.9 Å². The molecule has 0 saturated carbocycles. The fraction of sp³-hybridized carbons (Fsp3) is 0.455.